The molecule has 5 heteroatoms. The standard InChI is InChI=1S/C13H19FN2O2/c1-18-8-7-16-13(17)10-15-6-5-11-3-2-4-12(14)9-11/h2-4,9,15H,5-8,10H2,1H3,(H,16,17). The van der Waals surface area contributed by atoms with Crippen LogP contribution in [0.5, 0.6) is 0 Å². The summed E-state index contributed by atoms with van der Waals surface area (Å²) in [6, 6.07) is 6.46. The van der Waals surface area contributed by atoms with E-state index in [2.05, 4.69) is 10.6 Å². The summed E-state index contributed by atoms with van der Waals surface area (Å²) >= 11 is 0. The van der Waals surface area contributed by atoms with Crippen LogP contribution < -0.4 is 10.6 Å². The zero-order chi connectivity index (χ0) is 13.2. The fraction of sp³-hybridized carbons (Fsp3) is 0.462. The van der Waals surface area contributed by atoms with E-state index in [1.165, 1.54) is 12.1 Å². The van der Waals surface area contributed by atoms with Crippen molar-refractivity contribution in [2.24, 2.45) is 0 Å². The third-order valence-electron chi connectivity index (χ3n) is 2.39. The van der Waals surface area contributed by atoms with Gasteiger partial charge in [-0.1, -0.05) is 12.1 Å². The third kappa shape index (κ3) is 6.32. The first-order chi connectivity index (χ1) is 8.72. The highest BCUT2D eigenvalue weighted by molar-refractivity contribution is 5.77. The van der Waals surface area contributed by atoms with Crippen molar-refractivity contribution in [3.8, 4) is 0 Å². The first kappa shape index (κ1) is 14.6. The molecular formula is C13H19FN2O2. The van der Waals surface area contributed by atoms with E-state index in [-0.39, 0.29) is 18.3 Å². The van der Waals surface area contributed by atoms with E-state index < -0.39 is 0 Å². The molecule has 0 aliphatic heterocycles. The van der Waals surface area contributed by atoms with Crippen molar-refractivity contribution in [1.82, 2.24) is 10.6 Å². The van der Waals surface area contributed by atoms with Gasteiger partial charge in [-0.15, -0.1) is 0 Å². The quantitative estimate of drug-likeness (QED) is 0.672. The minimum atomic E-state index is -0.232. The summed E-state index contributed by atoms with van der Waals surface area (Å²) in [5.74, 6) is -0.295. The number of amides is 1. The molecular weight excluding hydrogens is 235 g/mol. The summed E-state index contributed by atoms with van der Waals surface area (Å²) in [4.78, 5) is 11.3. The van der Waals surface area contributed by atoms with Crippen LogP contribution >= 0.6 is 0 Å². The first-order valence-corrected chi connectivity index (χ1v) is 5.93. The lowest BCUT2D eigenvalue weighted by Gasteiger charge is -2.06. The van der Waals surface area contributed by atoms with Crippen LogP contribution in [-0.2, 0) is 16.0 Å². The number of hydrogen-bond donors (Lipinski definition) is 2. The third-order valence-corrected chi connectivity index (χ3v) is 2.39. The second-order valence-electron chi connectivity index (χ2n) is 3.90. The summed E-state index contributed by atoms with van der Waals surface area (Å²) in [7, 11) is 1.59. The number of ether oxygens (including phenoxy) is 1. The van der Waals surface area contributed by atoms with Crippen LogP contribution in [0.15, 0.2) is 24.3 Å². The average molecular weight is 254 g/mol. The second kappa shape index (κ2) is 8.60. The fourth-order valence-corrected chi connectivity index (χ4v) is 1.48. The van der Waals surface area contributed by atoms with E-state index >= 15 is 0 Å². The zero-order valence-corrected chi connectivity index (χ0v) is 10.5. The largest absolute Gasteiger partial charge is 0.383 e. The number of methoxy groups -OCH3 is 1. The summed E-state index contributed by atoms with van der Waals surface area (Å²) in [5.41, 5.74) is 0.919. The van der Waals surface area contributed by atoms with Gasteiger partial charge in [-0.25, -0.2) is 4.39 Å². The number of rotatable bonds is 8. The lowest BCUT2D eigenvalue weighted by Crippen LogP contribution is -2.36. The van der Waals surface area contributed by atoms with Crippen LogP contribution in [-0.4, -0.2) is 39.3 Å². The maximum absolute atomic E-state index is 12.9. The van der Waals surface area contributed by atoms with Crippen LogP contribution in [0.1, 0.15) is 5.56 Å². The van der Waals surface area contributed by atoms with E-state index in [0.717, 1.165) is 5.56 Å². The molecule has 0 radical (unpaired) electrons. The molecule has 0 saturated heterocycles. The number of hydrogen-bond acceptors (Lipinski definition) is 3. The lowest BCUT2D eigenvalue weighted by atomic mass is 10.1. The van der Waals surface area contributed by atoms with E-state index in [1.807, 2.05) is 6.07 Å². The van der Waals surface area contributed by atoms with Crippen molar-refractivity contribution >= 4 is 5.91 Å². The first-order valence-electron chi connectivity index (χ1n) is 5.93. The number of nitrogens with one attached hydrogen (secondary N) is 2. The van der Waals surface area contributed by atoms with Crippen molar-refractivity contribution in [2.75, 3.05) is 33.4 Å². The minimum absolute atomic E-state index is 0.0636. The van der Waals surface area contributed by atoms with Gasteiger partial charge in [0.2, 0.25) is 5.91 Å². The summed E-state index contributed by atoms with van der Waals surface area (Å²) in [6.07, 6.45) is 0.698. The molecule has 1 amide bonds. The summed E-state index contributed by atoms with van der Waals surface area (Å²) in [6.45, 7) is 1.93. The highest BCUT2D eigenvalue weighted by Crippen LogP contribution is 2.03. The molecule has 4 nitrogen and oxygen atoms in total. The van der Waals surface area contributed by atoms with Crippen LogP contribution in [0.4, 0.5) is 4.39 Å². The smallest absolute Gasteiger partial charge is 0.234 e. The predicted octanol–water partition coefficient (Wildman–Crippen LogP) is 0.720. The van der Waals surface area contributed by atoms with Gasteiger partial charge in [-0.2, -0.15) is 0 Å². The Balaban J connectivity index is 2.09. The Labute approximate surface area is 107 Å². The maximum atomic E-state index is 12.9. The highest BCUT2D eigenvalue weighted by atomic mass is 19.1. The van der Waals surface area contributed by atoms with Gasteiger partial charge in [0.05, 0.1) is 13.2 Å². The molecule has 0 saturated carbocycles. The monoisotopic (exact) mass is 254 g/mol. The Morgan fingerprint density at radius 2 is 2.22 bits per heavy atom. The van der Waals surface area contributed by atoms with Gasteiger partial charge in [0.25, 0.3) is 0 Å². The fourth-order valence-electron chi connectivity index (χ4n) is 1.48. The van der Waals surface area contributed by atoms with Crippen LogP contribution in [0.2, 0.25) is 0 Å². The van der Waals surface area contributed by atoms with Crippen LogP contribution in [0.3, 0.4) is 0 Å². The van der Waals surface area contributed by atoms with E-state index in [9.17, 15) is 9.18 Å². The van der Waals surface area contributed by atoms with Gasteiger partial charge in [-0.3, -0.25) is 4.79 Å². The van der Waals surface area contributed by atoms with Gasteiger partial charge >= 0.3 is 0 Å². The van der Waals surface area contributed by atoms with Crippen LogP contribution in [0, 0.1) is 5.82 Å². The van der Waals surface area contributed by atoms with Crippen LogP contribution in [0.25, 0.3) is 0 Å². The molecule has 0 aromatic heterocycles. The Morgan fingerprint density at radius 1 is 1.39 bits per heavy atom. The van der Waals surface area contributed by atoms with E-state index in [0.29, 0.717) is 26.1 Å². The molecule has 0 heterocycles. The number of carbonyl (C=O) groups excluding carboxylic acids is 1. The zero-order valence-electron chi connectivity index (χ0n) is 10.5. The van der Waals surface area contributed by atoms with Gasteiger partial charge in [-0.05, 0) is 30.7 Å². The number of benzene rings is 1. The molecule has 0 bridgehead atoms. The average Bonchev–Trinajstić information content (AvgIpc) is 2.35. The molecule has 18 heavy (non-hydrogen) atoms. The normalized spacial score (nSPS) is 10.3. The van der Waals surface area contributed by atoms with Gasteiger partial charge in [0, 0.05) is 13.7 Å². The Kier molecular flexibility index (Phi) is 6.98. The number of halogens is 1. The molecule has 0 fully saturated rings. The van der Waals surface area contributed by atoms with Crippen molar-refractivity contribution in [3.63, 3.8) is 0 Å². The molecule has 0 unspecified atom stereocenters. The molecule has 0 spiro atoms. The topological polar surface area (TPSA) is 50.4 Å². The molecule has 0 aliphatic rings. The van der Waals surface area contributed by atoms with Gasteiger partial charge in [0.15, 0.2) is 0 Å². The molecule has 0 atom stereocenters. The Bertz CT molecular complexity index is 372. The van der Waals surface area contributed by atoms with Gasteiger partial charge in [0.1, 0.15) is 5.82 Å². The Hall–Kier alpha value is -1.46. The Morgan fingerprint density at radius 3 is 2.94 bits per heavy atom. The SMILES string of the molecule is COCCNC(=O)CNCCc1cccc(F)c1. The van der Waals surface area contributed by atoms with E-state index in [1.54, 1.807) is 13.2 Å². The second-order valence-corrected chi connectivity index (χ2v) is 3.90. The molecule has 1 aromatic carbocycles. The minimum Gasteiger partial charge on any atom is -0.383 e. The molecule has 2 N–H and O–H groups in total. The molecule has 1 aromatic rings. The van der Waals surface area contributed by atoms with Crippen molar-refractivity contribution in [3.05, 3.63) is 35.6 Å². The highest BCUT2D eigenvalue weighted by Gasteiger charge is 2.00. The maximum Gasteiger partial charge on any atom is 0.234 e. The molecule has 0 aliphatic carbocycles. The molecule has 100 valence electrons. The lowest BCUT2D eigenvalue weighted by molar-refractivity contribution is -0.120. The summed E-state index contributed by atoms with van der Waals surface area (Å²) < 4.78 is 17.7. The molecule has 1 rings (SSSR count). The van der Waals surface area contributed by atoms with Crippen molar-refractivity contribution < 1.29 is 13.9 Å². The van der Waals surface area contributed by atoms with Crippen molar-refractivity contribution in [2.45, 2.75) is 6.42 Å². The number of carbonyl (C=O) groups is 1. The summed E-state index contributed by atoms with van der Waals surface area (Å²) in [5, 5.41) is 5.71. The van der Waals surface area contributed by atoms with E-state index in [4.69, 9.17) is 4.74 Å². The van der Waals surface area contributed by atoms with Crippen molar-refractivity contribution in [1.29, 1.82) is 0 Å². The predicted molar refractivity (Wildman–Crippen MR) is 67.9 cm³/mol. The van der Waals surface area contributed by atoms with Gasteiger partial charge < -0.3 is 15.4 Å².